The molecule has 1 rings (SSSR count). The molecule has 1 atom stereocenters. The van der Waals surface area contributed by atoms with Gasteiger partial charge >= 0.3 is 0 Å². The molecule has 0 saturated carbocycles. The first-order valence-electron chi connectivity index (χ1n) is 8.31. The summed E-state index contributed by atoms with van der Waals surface area (Å²) in [6, 6.07) is 0. The van der Waals surface area contributed by atoms with E-state index in [1.165, 1.54) is 83.5 Å². The zero-order chi connectivity index (χ0) is 12.9. The summed E-state index contributed by atoms with van der Waals surface area (Å²) >= 11 is 0. The maximum atomic E-state index is 9.75. The highest BCUT2D eigenvalue weighted by molar-refractivity contribution is 4.56. The first-order chi connectivity index (χ1) is 8.89. The van der Waals surface area contributed by atoms with Crippen molar-refractivity contribution in [3.05, 3.63) is 0 Å². The van der Waals surface area contributed by atoms with E-state index in [0.717, 1.165) is 13.0 Å². The van der Waals surface area contributed by atoms with E-state index in [4.69, 9.17) is 0 Å². The lowest BCUT2D eigenvalue weighted by atomic mass is 10.0. The Balaban J connectivity index is 2.09. The molecular weight excluding hydrogens is 222 g/mol. The Bertz CT molecular complexity index is 154. The van der Waals surface area contributed by atoms with Crippen LogP contribution in [0.2, 0.25) is 0 Å². The van der Waals surface area contributed by atoms with Crippen molar-refractivity contribution in [2.75, 3.05) is 6.54 Å². The number of rotatable bonds is 0. The van der Waals surface area contributed by atoms with Crippen molar-refractivity contribution in [1.29, 1.82) is 0 Å². The Kier molecular flexibility index (Phi) is 10.6. The molecule has 2 heteroatoms. The highest BCUT2D eigenvalue weighted by Crippen LogP contribution is 2.13. The molecule has 1 saturated heterocycles. The maximum Gasteiger partial charge on any atom is 0.104 e. The minimum atomic E-state index is -0.263. The second-order valence-corrected chi connectivity index (χ2v) is 5.85. The summed E-state index contributed by atoms with van der Waals surface area (Å²) < 4.78 is 0. The zero-order valence-corrected chi connectivity index (χ0v) is 12.1. The van der Waals surface area contributed by atoms with Gasteiger partial charge in [0.05, 0.1) is 0 Å². The van der Waals surface area contributed by atoms with Gasteiger partial charge in [-0.25, -0.2) is 0 Å². The summed E-state index contributed by atoms with van der Waals surface area (Å²) in [7, 11) is 0. The monoisotopic (exact) mass is 255 g/mol. The molecule has 0 radical (unpaired) electrons. The van der Waals surface area contributed by atoms with Gasteiger partial charge in [-0.05, 0) is 25.8 Å². The van der Waals surface area contributed by atoms with Crippen molar-refractivity contribution >= 4 is 0 Å². The summed E-state index contributed by atoms with van der Waals surface area (Å²) in [4.78, 5) is 0. The highest BCUT2D eigenvalue weighted by Gasteiger charge is 2.02. The molecule has 1 heterocycles. The molecule has 18 heavy (non-hydrogen) atoms. The molecule has 108 valence electrons. The van der Waals surface area contributed by atoms with Gasteiger partial charge in [0.1, 0.15) is 6.23 Å². The van der Waals surface area contributed by atoms with Gasteiger partial charge in [-0.1, -0.05) is 70.6 Å². The van der Waals surface area contributed by atoms with Crippen LogP contribution >= 0.6 is 0 Å². The number of nitrogens with one attached hydrogen (secondary N) is 1. The Morgan fingerprint density at radius 3 is 1.44 bits per heavy atom. The molecule has 0 aromatic heterocycles. The molecule has 1 fully saturated rings. The molecule has 0 aliphatic carbocycles. The van der Waals surface area contributed by atoms with Crippen molar-refractivity contribution < 1.29 is 5.11 Å². The first-order valence-corrected chi connectivity index (χ1v) is 8.31. The molecule has 0 spiro atoms. The molecule has 1 unspecified atom stereocenters. The molecule has 1 aliphatic heterocycles. The van der Waals surface area contributed by atoms with E-state index < -0.39 is 0 Å². The van der Waals surface area contributed by atoms with Crippen LogP contribution in [0.25, 0.3) is 0 Å². The molecule has 2 N–H and O–H groups in total. The lowest BCUT2D eigenvalue weighted by Gasteiger charge is -2.12. The van der Waals surface area contributed by atoms with Gasteiger partial charge in [0, 0.05) is 0 Å². The van der Waals surface area contributed by atoms with Crippen molar-refractivity contribution in [1.82, 2.24) is 5.32 Å². The van der Waals surface area contributed by atoms with Crippen LogP contribution in [-0.4, -0.2) is 17.9 Å². The van der Waals surface area contributed by atoms with Crippen LogP contribution in [0, 0.1) is 0 Å². The molecule has 1 aliphatic rings. The van der Waals surface area contributed by atoms with Crippen LogP contribution in [0.5, 0.6) is 0 Å². The SMILES string of the molecule is OC1CCCCCCCCCCCCCCCN1. The Morgan fingerprint density at radius 1 is 0.556 bits per heavy atom. The van der Waals surface area contributed by atoms with Crippen LogP contribution in [0.15, 0.2) is 0 Å². The van der Waals surface area contributed by atoms with E-state index in [-0.39, 0.29) is 6.23 Å². The second-order valence-electron chi connectivity index (χ2n) is 5.85. The molecule has 0 amide bonds. The third-order valence-electron chi connectivity index (χ3n) is 4.03. The third-order valence-corrected chi connectivity index (χ3v) is 4.03. The zero-order valence-electron chi connectivity index (χ0n) is 12.1. The molecule has 2 nitrogen and oxygen atoms in total. The van der Waals surface area contributed by atoms with Gasteiger partial charge in [0.25, 0.3) is 0 Å². The van der Waals surface area contributed by atoms with Crippen LogP contribution in [0.3, 0.4) is 0 Å². The van der Waals surface area contributed by atoms with Gasteiger partial charge in [-0.3, -0.25) is 5.32 Å². The number of aliphatic hydroxyl groups excluding tert-OH is 1. The standard InChI is InChI=1S/C16H33NO/c18-16-14-12-10-8-6-4-2-1-3-5-7-9-11-13-15-17-16/h16-18H,1-15H2. The van der Waals surface area contributed by atoms with Crippen molar-refractivity contribution in [2.24, 2.45) is 0 Å². The predicted molar refractivity (Wildman–Crippen MR) is 78.6 cm³/mol. The fourth-order valence-corrected chi connectivity index (χ4v) is 2.78. The van der Waals surface area contributed by atoms with Crippen LogP contribution in [0.4, 0.5) is 0 Å². The average Bonchev–Trinajstić information content (AvgIpc) is 2.37. The lowest BCUT2D eigenvalue weighted by molar-refractivity contribution is 0.124. The highest BCUT2D eigenvalue weighted by atomic mass is 16.3. The Labute approximate surface area is 114 Å². The van der Waals surface area contributed by atoms with E-state index >= 15 is 0 Å². The average molecular weight is 255 g/mol. The van der Waals surface area contributed by atoms with Gasteiger partial charge in [0.2, 0.25) is 0 Å². The fraction of sp³-hybridized carbons (Fsp3) is 1.00. The number of hydrogen-bond acceptors (Lipinski definition) is 2. The lowest BCUT2D eigenvalue weighted by Crippen LogP contribution is -2.29. The van der Waals surface area contributed by atoms with Gasteiger partial charge in [-0.2, -0.15) is 0 Å². The quantitative estimate of drug-likeness (QED) is 0.673. The summed E-state index contributed by atoms with van der Waals surface area (Å²) in [5.41, 5.74) is 0. The predicted octanol–water partition coefficient (Wildman–Crippen LogP) is 4.37. The van der Waals surface area contributed by atoms with Gasteiger partial charge in [-0.15, -0.1) is 0 Å². The summed E-state index contributed by atoms with van der Waals surface area (Å²) in [5, 5.41) is 13.0. The van der Waals surface area contributed by atoms with Gasteiger partial charge < -0.3 is 5.11 Å². The second kappa shape index (κ2) is 12.0. The summed E-state index contributed by atoms with van der Waals surface area (Å²) in [6.07, 6.45) is 18.4. The van der Waals surface area contributed by atoms with Crippen molar-refractivity contribution in [3.8, 4) is 0 Å². The van der Waals surface area contributed by atoms with Crippen LogP contribution in [-0.2, 0) is 0 Å². The Morgan fingerprint density at radius 2 is 0.944 bits per heavy atom. The van der Waals surface area contributed by atoms with Crippen LogP contribution < -0.4 is 5.32 Å². The fourth-order valence-electron chi connectivity index (χ4n) is 2.78. The van der Waals surface area contributed by atoms with E-state index in [0.29, 0.717) is 0 Å². The molecule has 0 aromatic rings. The molecule has 0 bridgehead atoms. The topological polar surface area (TPSA) is 32.3 Å². The third kappa shape index (κ3) is 9.90. The normalized spacial score (nSPS) is 27.5. The smallest absolute Gasteiger partial charge is 0.104 e. The van der Waals surface area contributed by atoms with E-state index in [2.05, 4.69) is 5.32 Å². The Hall–Kier alpha value is -0.0800. The van der Waals surface area contributed by atoms with E-state index in [1.807, 2.05) is 0 Å². The first kappa shape index (κ1) is 16.0. The maximum absolute atomic E-state index is 9.75. The minimum absolute atomic E-state index is 0.263. The van der Waals surface area contributed by atoms with Crippen molar-refractivity contribution in [2.45, 2.75) is 96.1 Å². The summed E-state index contributed by atoms with van der Waals surface area (Å²) in [6.45, 7) is 0.987. The minimum Gasteiger partial charge on any atom is -0.379 e. The number of hydrogen-bond donors (Lipinski definition) is 2. The van der Waals surface area contributed by atoms with E-state index in [9.17, 15) is 5.11 Å². The number of aliphatic hydroxyl groups is 1. The molecule has 0 aromatic carbocycles. The largest absolute Gasteiger partial charge is 0.379 e. The van der Waals surface area contributed by atoms with Gasteiger partial charge in [0.15, 0.2) is 0 Å². The van der Waals surface area contributed by atoms with E-state index in [1.54, 1.807) is 0 Å². The van der Waals surface area contributed by atoms with Crippen LogP contribution in [0.1, 0.15) is 89.9 Å². The molecular formula is C16H33NO. The van der Waals surface area contributed by atoms with Crippen molar-refractivity contribution in [3.63, 3.8) is 0 Å². The summed E-state index contributed by atoms with van der Waals surface area (Å²) in [5.74, 6) is 0.